The fourth-order valence-corrected chi connectivity index (χ4v) is 3.66. The Balaban J connectivity index is 1.95. The summed E-state index contributed by atoms with van der Waals surface area (Å²) >= 11 is 0. The fraction of sp³-hybridized carbons (Fsp3) is 1.00. The molecule has 0 saturated carbocycles. The standard InChI is InChI=1S/C14H29N3O/c1-11(7-14(3,18)10-15)17-9-13-5-4-6-16(13)8-12(17)2/h11-13,18H,4-10,15H2,1-3H3. The average molecular weight is 255 g/mol. The molecule has 3 N–H and O–H groups in total. The molecule has 2 fully saturated rings. The first kappa shape index (κ1) is 14.3. The molecule has 0 spiro atoms. The molecule has 0 amide bonds. The van der Waals surface area contributed by atoms with E-state index in [1.165, 1.54) is 25.9 Å². The van der Waals surface area contributed by atoms with Crippen LogP contribution >= 0.6 is 0 Å². The van der Waals surface area contributed by atoms with Gasteiger partial charge in [0.1, 0.15) is 0 Å². The highest BCUT2D eigenvalue weighted by molar-refractivity contribution is 4.93. The zero-order valence-electron chi connectivity index (χ0n) is 12.1. The van der Waals surface area contributed by atoms with Crippen molar-refractivity contribution in [1.29, 1.82) is 0 Å². The van der Waals surface area contributed by atoms with Crippen molar-refractivity contribution in [2.45, 2.75) is 63.8 Å². The average Bonchev–Trinajstić information content (AvgIpc) is 2.74. The lowest BCUT2D eigenvalue weighted by Crippen LogP contribution is -2.58. The third-order valence-corrected chi connectivity index (χ3v) is 4.73. The molecule has 4 unspecified atom stereocenters. The fourth-order valence-electron chi connectivity index (χ4n) is 3.66. The summed E-state index contributed by atoms with van der Waals surface area (Å²) in [4.78, 5) is 5.20. The van der Waals surface area contributed by atoms with Crippen molar-refractivity contribution in [3.05, 3.63) is 0 Å². The van der Waals surface area contributed by atoms with Gasteiger partial charge >= 0.3 is 0 Å². The van der Waals surface area contributed by atoms with E-state index < -0.39 is 5.60 Å². The Morgan fingerprint density at radius 1 is 1.44 bits per heavy atom. The van der Waals surface area contributed by atoms with Gasteiger partial charge in [-0.2, -0.15) is 0 Å². The van der Waals surface area contributed by atoms with Crippen LogP contribution in [-0.2, 0) is 0 Å². The number of rotatable bonds is 4. The molecule has 0 aliphatic carbocycles. The van der Waals surface area contributed by atoms with Crippen molar-refractivity contribution in [2.75, 3.05) is 26.2 Å². The molecule has 0 radical (unpaired) electrons. The molecule has 0 bridgehead atoms. The zero-order chi connectivity index (χ0) is 13.3. The Kier molecular flexibility index (Phi) is 4.32. The summed E-state index contributed by atoms with van der Waals surface area (Å²) < 4.78 is 0. The number of fused-ring (bicyclic) bond motifs is 1. The van der Waals surface area contributed by atoms with E-state index in [4.69, 9.17) is 5.73 Å². The molecule has 0 aromatic heterocycles. The summed E-state index contributed by atoms with van der Waals surface area (Å²) in [6.07, 6.45) is 3.45. The van der Waals surface area contributed by atoms with Gasteiger partial charge in [-0.3, -0.25) is 9.80 Å². The molecule has 2 aliphatic rings. The van der Waals surface area contributed by atoms with Crippen molar-refractivity contribution >= 4 is 0 Å². The highest BCUT2D eigenvalue weighted by Crippen LogP contribution is 2.27. The number of nitrogens with zero attached hydrogens (tertiary/aromatic N) is 2. The first-order chi connectivity index (χ1) is 8.43. The van der Waals surface area contributed by atoms with Crippen molar-refractivity contribution in [3.63, 3.8) is 0 Å². The van der Waals surface area contributed by atoms with Crippen LogP contribution in [0, 0.1) is 0 Å². The lowest BCUT2D eigenvalue weighted by Gasteiger charge is -2.46. The van der Waals surface area contributed by atoms with Gasteiger partial charge in [0, 0.05) is 37.8 Å². The molecule has 4 atom stereocenters. The van der Waals surface area contributed by atoms with E-state index in [2.05, 4.69) is 23.6 Å². The van der Waals surface area contributed by atoms with E-state index in [-0.39, 0.29) is 0 Å². The minimum absolute atomic E-state index is 0.342. The van der Waals surface area contributed by atoms with E-state index in [0.29, 0.717) is 18.6 Å². The molecule has 4 nitrogen and oxygen atoms in total. The molecule has 0 aromatic carbocycles. The molecular formula is C14H29N3O. The Bertz CT molecular complexity index is 282. The Hall–Kier alpha value is -0.160. The molecule has 2 heterocycles. The number of nitrogens with two attached hydrogens (primary N) is 1. The number of piperazine rings is 1. The van der Waals surface area contributed by atoms with Crippen molar-refractivity contribution in [1.82, 2.24) is 9.80 Å². The lowest BCUT2D eigenvalue weighted by molar-refractivity contribution is -0.0117. The van der Waals surface area contributed by atoms with Crippen LogP contribution in [0.15, 0.2) is 0 Å². The summed E-state index contributed by atoms with van der Waals surface area (Å²) in [7, 11) is 0. The smallest absolute Gasteiger partial charge is 0.0756 e. The molecule has 4 heteroatoms. The highest BCUT2D eigenvalue weighted by atomic mass is 16.3. The highest BCUT2D eigenvalue weighted by Gasteiger charge is 2.37. The Labute approximate surface area is 111 Å². The maximum absolute atomic E-state index is 10.1. The third-order valence-electron chi connectivity index (χ3n) is 4.73. The van der Waals surface area contributed by atoms with Crippen LogP contribution in [0.5, 0.6) is 0 Å². The van der Waals surface area contributed by atoms with Gasteiger partial charge in [0.15, 0.2) is 0 Å². The topological polar surface area (TPSA) is 52.7 Å². The summed E-state index contributed by atoms with van der Waals surface area (Å²) in [5.74, 6) is 0. The normalized spacial score (nSPS) is 35.2. The van der Waals surface area contributed by atoms with Crippen LogP contribution in [0.25, 0.3) is 0 Å². The molecule has 106 valence electrons. The maximum Gasteiger partial charge on any atom is 0.0756 e. The van der Waals surface area contributed by atoms with E-state index in [9.17, 15) is 5.11 Å². The number of hydrogen-bond acceptors (Lipinski definition) is 4. The largest absolute Gasteiger partial charge is 0.389 e. The van der Waals surface area contributed by atoms with Crippen LogP contribution in [0.2, 0.25) is 0 Å². The quantitative estimate of drug-likeness (QED) is 0.774. The van der Waals surface area contributed by atoms with Gasteiger partial charge in [-0.25, -0.2) is 0 Å². The van der Waals surface area contributed by atoms with Gasteiger partial charge in [0.2, 0.25) is 0 Å². The van der Waals surface area contributed by atoms with E-state index >= 15 is 0 Å². The summed E-state index contributed by atoms with van der Waals surface area (Å²) in [5, 5.41) is 10.1. The van der Waals surface area contributed by atoms with Crippen molar-refractivity contribution in [3.8, 4) is 0 Å². The van der Waals surface area contributed by atoms with E-state index in [0.717, 1.165) is 19.0 Å². The second-order valence-electron chi connectivity index (χ2n) is 6.59. The van der Waals surface area contributed by atoms with Gasteiger partial charge in [-0.05, 0) is 46.6 Å². The van der Waals surface area contributed by atoms with Crippen LogP contribution in [0.1, 0.15) is 40.0 Å². The second kappa shape index (κ2) is 5.45. The van der Waals surface area contributed by atoms with Gasteiger partial charge in [-0.15, -0.1) is 0 Å². The first-order valence-corrected chi connectivity index (χ1v) is 7.35. The van der Waals surface area contributed by atoms with Crippen LogP contribution < -0.4 is 5.73 Å². The molecule has 0 aromatic rings. The van der Waals surface area contributed by atoms with Crippen LogP contribution in [0.4, 0.5) is 0 Å². The molecule has 18 heavy (non-hydrogen) atoms. The minimum atomic E-state index is -0.730. The number of hydrogen-bond donors (Lipinski definition) is 2. The second-order valence-corrected chi connectivity index (χ2v) is 6.59. The van der Waals surface area contributed by atoms with Gasteiger partial charge in [0.05, 0.1) is 5.60 Å². The lowest BCUT2D eigenvalue weighted by atomic mass is 9.94. The molecule has 2 aliphatic heterocycles. The number of aliphatic hydroxyl groups is 1. The van der Waals surface area contributed by atoms with E-state index in [1.54, 1.807) is 0 Å². The molecule has 2 rings (SSSR count). The van der Waals surface area contributed by atoms with Crippen molar-refractivity contribution < 1.29 is 5.11 Å². The summed E-state index contributed by atoms with van der Waals surface area (Å²) in [6.45, 7) is 10.3. The first-order valence-electron chi connectivity index (χ1n) is 7.35. The van der Waals surface area contributed by atoms with Gasteiger partial charge in [-0.1, -0.05) is 0 Å². The third kappa shape index (κ3) is 3.05. The summed E-state index contributed by atoms with van der Waals surface area (Å²) in [6, 6.07) is 1.73. The van der Waals surface area contributed by atoms with Crippen LogP contribution in [-0.4, -0.2) is 64.8 Å². The maximum atomic E-state index is 10.1. The summed E-state index contributed by atoms with van der Waals surface area (Å²) in [5.41, 5.74) is 4.90. The van der Waals surface area contributed by atoms with Crippen LogP contribution in [0.3, 0.4) is 0 Å². The predicted octanol–water partition coefficient (Wildman–Crippen LogP) is 0.643. The van der Waals surface area contributed by atoms with Gasteiger partial charge in [0.25, 0.3) is 0 Å². The SMILES string of the molecule is CC1CN2CCCC2CN1C(C)CC(C)(O)CN. The predicted molar refractivity (Wildman–Crippen MR) is 74.5 cm³/mol. The van der Waals surface area contributed by atoms with Crippen molar-refractivity contribution in [2.24, 2.45) is 5.73 Å². The molecular weight excluding hydrogens is 226 g/mol. The molecule has 2 saturated heterocycles. The Morgan fingerprint density at radius 3 is 2.83 bits per heavy atom. The minimum Gasteiger partial charge on any atom is -0.389 e. The Morgan fingerprint density at radius 2 is 2.17 bits per heavy atom. The van der Waals surface area contributed by atoms with E-state index in [1.807, 2.05) is 6.92 Å². The monoisotopic (exact) mass is 255 g/mol. The zero-order valence-corrected chi connectivity index (χ0v) is 12.1. The van der Waals surface area contributed by atoms with Gasteiger partial charge < -0.3 is 10.8 Å².